The van der Waals surface area contributed by atoms with Crippen molar-refractivity contribution in [3.63, 3.8) is 0 Å². The molecule has 3 aromatic rings. The smallest absolute Gasteiger partial charge is 0.310 e. The van der Waals surface area contributed by atoms with E-state index in [9.17, 15) is 31.1 Å². The van der Waals surface area contributed by atoms with Gasteiger partial charge in [0, 0.05) is 18.8 Å². The second-order valence-electron chi connectivity index (χ2n) is 6.18. The lowest BCUT2D eigenvalue weighted by Crippen LogP contribution is -2.26. The number of aromatic nitrogens is 4. The Balaban J connectivity index is 1.82. The fourth-order valence-corrected chi connectivity index (χ4v) is 2.57. The lowest BCUT2D eigenvalue weighted by molar-refractivity contribution is -0.150. The van der Waals surface area contributed by atoms with Gasteiger partial charge in [0.25, 0.3) is 11.7 Å². The number of hydrogen-bond donors (Lipinski definition) is 0. The van der Waals surface area contributed by atoms with Crippen molar-refractivity contribution >= 4 is 11.6 Å². The first kappa shape index (κ1) is 21.3. The molecule has 0 aliphatic heterocycles. The predicted molar refractivity (Wildman–Crippen MR) is 92.5 cm³/mol. The van der Waals surface area contributed by atoms with Gasteiger partial charge in [-0.25, -0.2) is 4.68 Å². The molecule has 0 atom stereocenters. The van der Waals surface area contributed by atoms with Gasteiger partial charge in [0.15, 0.2) is 0 Å². The number of halogens is 6. The molecule has 30 heavy (non-hydrogen) atoms. The molecule has 0 saturated carbocycles. The molecule has 12 heteroatoms. The first-order valence-electron chi connectivity index (χ1n) is 8.33. The zero-order valence-electron chi connectivity index (χ0n) is 15.2. The molecule has 0 fully saturated rings. The van der Waals surface area contributed by atoms with Crippen LogP contribution < -0.4 is 4.90 Å². The van der Waals surface area contributed by atoms with Gasteiger partial charge in [0.1, 0.15) is 0 Å². The van der Waals surface area contributed by atoms with Crippen LogP contribution >= 0.6 is 0 Å². The minimum Gasteiger partial charge on any atom is -0.310 e. The summed E-state index contributed by atoms with van der Waals surface area (Å²) in [4.78, 5) is 20.3. The summed E-state index contributed by atoms with van der Waals surface area (Å²) in [6, 6.07) is 8.70. The summed E-state index contributed by atoms with van der Waals surface area (Å²) in [5.74, 6) is -4.03. The molecule has 3 rings (SSSR count). The number of amides is 1. The summed E-state index contributed by atoms with van der Waals surface area (Å²) in [5, 5.41) is 2.95. The van der Waals surface area contributed by atoms with E-state index < -0.39 is 36.5 Å². The Morgan fingerprint density at radius 1 is 1.03 bits per heavy atom. The molecule has 1 amide bonds. The van der Waals surface area contributed by atoms with Gasteiger partial charge in [-0.1, -0.05) is 12.1 Å². The molecule has 0 bridgehead atoms. The third-order valence-corrected chi connectivity index (χ3v) is 4.05. The Morgan fingerprint density at radius 3 is 2.23 bits per heavy atom. The summed E-state index contributed by atoms with van der Waals surface area (Å²) >= 11 is 0. The molecule has 2 aromatic heterocycles. The molecular formula is C18H13F6N5O. The van der Waals surface area contributed by atoms with E-state index in [1.54, 1.807) is 18.3 Å². The molecule has 0 aliphatic rings. The summed E-state index contributed by atoms with van der Waals surface area (Å²) in [7, 11) is 1.52. The molecule has 0 unspecified atom stereocenters. The molecule has 0 spiro atoms. The maximum absolute atomic E-state index is 13.0. The minimum absolute atomic E-state index is 0.140. The summed E-state index contributed by atoms with van der Waals surface area (Å²) in [5.41, 5.74) is 0.971. The highest BCUT2D eigenvalue weighted by atomic mass is 19.4. The van der Waals surface area contributed by atoms with Crippen LogP contribution in [-0.2, 0) is 18.9 Å². The normalized spacial score (nSPS) is 12.1. The van der Waals surface area contributed by atoms with E-state index in [4.69, 9.17) is 0 Å². The molecule has 0 N–H and O–H groups in total. The number of anilines is 1. The molecule has 2 heterocycles. The molecule has 6 nitrogen and oxygen atoms in total. The maximum atomic E-state index is 13.0. The molecule has 0 saturated heterocycles. The molecule has 1 aromatic carbocycles. The number of benzene rings is 1. The lowest BCUT2D eigenvalue weighted by Gasteiger charge is -2.17. The van der Waals surface area contributed by atoms with Crippen molar-refractivity contribution in [1.29, 1.82) is 0 Å². The van der Waals surface area contributed by atoms with Crippen LogP contribution in [0.1, 0.15) is 27.6 Å². The van der Waals surface area contributed by atoms with E-state index in [-0.39, 0.29) is 15.8 Å². The Bertz CT molecular complexity index is 1030. The quantitative estimate of drug-likeness (QED) is 0.588. The van der Waals surface area contributed by atoms with Gasteiger partial charge < -0.3 is 4.90 Å². The van der Waals surface area contributed by atoms with E-state index >= 15 is 0 Å². The molecule has 0 radical (unpaired) electrons. The minimum atomic E-state index is -5.11. The third-order valence-electron chi connectivity index (χ3n) is 4.05. The van der Waals surface area contributed by atoms with E-state index in [1.807, 2.05) is 0 Å². The average molecular weight is 429 g/mol. The fourth-order valence-electron chi connectivity index (χ4n) is 2.57. The number of nitrogens with zero attached hydrogens (tertiary/aromatic N) is 5. The van der Waals surface area contributed by atoms with Crippen LogP contribution in [0.15, 0.2) is 48.8 Å². The van der Waals surface area contributed by atoms with Gasteiger partial charge in [0.05, 0.1) is 18.4 Å². The van der Waals surface area contributed by atoms with Gasteiger partial charge in [-0.05, 0) is 29.8 Å². The molecule has 0 aliphatic carbocycles. The average Bonchev–Trinajstić information content (AvgIpc) is 3.13. The molecule has 158 valence electrons. The monoisotopic (exact) mass is 429 g/mol. The number of rotatable bonds is 4. The Morgan fingerprint density at radius 2 is 1.70 bits per heavy atom. The van der Waals surface area contributed by atoms with Gasteiger partial charge in [-0.15, -0.1) is 5.10 Å². The van der Waals surface area contributed by atoms with Crippen LogP contribution in [0.4, 0.5) is 32.0 Å². The number of pyridine rings is 1. The third kappa shape index (κ3) is 4.58. The van der Waals surface area contributed by atoms with Crippen LogP contribution in [0.5, 0.6) is 0 Å². The topological polar surface area (TPSA) is 63.9 Å². The van der Waals surface area contributed by atoms with Crippen LogP contribution in [0.25, 0.3) is 0 Å². The van der Waals surface area contributed by atoms with E-state index in [1.165, 1.54) is 42.4 Å². The van der Waals surface area contributed by atoms with E-state index in [0.29, 0.717) is 5.69 Å². The SMILES string of the molecule is CN(C(=O)c1ccc(Cn2nc(C(F)(F)F)nc2C(F)(F)F)cc1)c1cccnc1. The summed E-state index contributed by atoms with van der Waals surface area (Å²) in [6.07, 6.45) is -7.20. The van der Waals surface area contributed by atoms with Gasteiger partial charge in [-0.2, -0.15) is 31.3 Å². The number of alkyl halides is 6. The van der Waals surface area contributed by atoms with E-state index in [0.717, 1.165) is 0 Å². The van der Waals surface area contributed by atoms with Crippen LogP contribution in [0.3, 0.4) is 0 Å². The highest BCUT2D eigenvalue weighted by Gasteiger charge is 2.43. The van der Waals surface area contributed by atoms with Crippen molar-refractivity contribution in [2.75, 3.05) is 11.9 Å². The lowest BCUT2D eigenvalue weighted by atomic mass is 10.1. The predicted octanol–water partition coefficient (Wildman–Crippen LogP) is 4.04. The zero-order valence-corrected chi connectivity index (χ0v) is 15.2. The number of carbonyl (C=O) groups excluding carboxylic acids is 1. The summed E-state index contributed by atoms with van der Waals surface area (Å²) < 4.78 is 77.4. The maximum Gasteiger partial charge on any atom is 0.453 e. The van der Waals surface area contributed by atoms with Gasteiger partial charge >= 0.3 is 12.4 Å². The highest BCUT2D eigenvalue weighted by Crippen LogP contribution is 2.32. The van der Waals surface area contributed by atoms with Crippen molar-refractivity contribution in [1.82, 2.24) is 19.7 Å². The van der Waals surface area contributed by atoms with Gasteiger partial charge in [0.2, 0.25) is 5.82 Å². The fraction of sp³-hybridized carbons (Fsp3) is 0.222. The standard InChI is InChI=1S/C18H13F6N5O/c1-28(13-3-2-8-25-9-13)14(30)12-6-4-11(5-7-12)10-29-16(18(22,23)24)26-15(27-29)17(19,20)21/h2-9H,10H2,1H3. The first-order chi connectivity index (χ1) is 14.0. The van der Waals surface area contributed by atoms with Crippen molar-refractivity contribution in [2.45, 2.75) is 18.9 Å². The Labute approximate surface area is 165 Å². The van der Waals surface area contributed by atoms with Crippen LogP contribution in [-0.4, -0.2) is 32.7 Å². The van der Waals surface area contributed by atoms with Crippen molar-refractivity contribution < 1.29 is 31.1 Å². The first-order valence-corrected chi connectivity index (χ1v) is 8.33. The van der Waals surface area contributed by atoms with E-state index in [2.05, 4.69) is 15.1 Å². The second-order valence-corrected chi connectivity index (χ2v) is 6.18. The van der Waals surface area contributed by atoms with Crippen molar-refractivity contribution in [3.8, 4) is 0 Å². The second kappa shape index (κ2) is 7.76. The number of hydrogen-bond acceptors (Lipinski definition) is 4. The largest absolute Gasteiger partial charge is 0.453 e. The Hall–Kier alpha value is -3.44. The molecular weight excluding hydrogens is 416 g/mol. The van der Waals surface area contributed by atoms with Gasteiger partial charge in [-0.3, -0.25) is 9.78 Å². The van der Waals surface area contributed by atoms with Crippen LogP contribution in [0, 0.1) is 0 Å². The highest BCUT2D eigenvalue weighted by molar-refractivity contribution is 6.05. The zero-order chi connectivity index (χ0) is 22.1. The van der Waals surface area contributed by atoms with Crippen LogP contribution in [0.2, 0.25) is 0 Å². The van der Waals surface area contributed by atoms with Crippen molar-refractivity contribution in [2.24, 2.45) is 0 Å². The summed E-state index contributed by atoms with van der Waals surface area (Å²) in [6.45, 7) is -0.606. The Kier molecular flexibility index (Phi) is 5.51. The number of carbonyl (C=O) groups is 1. The van der Waals surface area contributed by atoms with Crippen molar-refractivity contribution in [3.05, 3.63) is 71.6 Å².